The Labute approximate surface area is 206 Å². The fourth-order valence-electron chi connectivity index (χ4n) is 6.35. The molecule has 0 aromatic heterocycles. The molecule has 3 aliphatic heterocycles. The molecule has 1 spiro atoms. The molecule has 0 aliphatic carbocycles. The van der Waals surface area contributed by atoms with Crippen LogP contribution in [0.5, 0.6) is 0 Å². The third-order valence-electron chi connectivity index (χ3n) is 7.66. The van der Waals surface area contributed by atoms with Crippen molar-refractivity contribution in [3.05, 3.63) is 35.9 Å². The summed E-state index contributed by atoms with van der Waals surface area (Å²) in [4.78, 5) is 42.5. The second-order valence-electron chi connectivity index (χ2n) is 10.4. The summed E-state index contributed by atoms with van der Waals surface area (Å²) in [6.07, 6.45) is 2.01. The Hall–Kier alpha value is -2.06. The molecule has 3 saturated heterocycles. The summed E-state index contributed by atoms with van der Waals surface area (Å²) < 4.78 is 4.27. The number of esters is 1. The van der Waals surface area contributed by atoms with E-state index >= 15 is 0 Å². The fourth-order valence-corrected chi connectivity index (χ4v) is 8.68. The number of benzene rings is 1. The highest BCUT2D eigenvalue weighted by Crippen LogP contribution is 2.71. The van der Waals surface area contributed by atoms with Crippen molar-refractivity contribution in [3.63, 3.8) is 0 Å². The molecule has 1 aromatic rings. The Balaban J connectivity index is 1.72. The summed E-state index contributed by atoms with van der Waals surface area (Å²) in [7, 11) is 0. The van der Waals surface area contributed by atoms with Crippen molar-refractivity contribution in [2.24, 2.45) is 17.8 Å². The van der Waals surface area contributed by atoms with E-state index in [0.717, 1.165) is 12.0 Å². The van der Waals surface area contributed by atoms with E-state index in [1.54, 1.807) is 23.6 Å². The number of fused-ring (bicyclic) bond motifs is 1. The highest BCUT2D eigenvalue weighted by atomic mass is 32.2. The first-order valence-corrected chi connectivity index (χ1v) is 13.1. The van der Waals surface area contributed by atoms with Gasteiger partial charge in [0.05, 0.1) is 35.8 Å². The van der Waals surface area contributed by atoms with Crippen LogP contribution < -0.4 is 5.32 Å². The largest absolute Gasteiger partial charge is 0.466 e. The second kappa shape index (κ2) is 9.53. The van der Waals surface area contributed by atoms with Gasteiger partial charge >= 0.3 is 5.97 Å². The Kier molecular flexibility index (Phi) is 7.02. The van der Waals surface area contributed by atoms with E-state index < -0.39 is 33.4 Å². The predicted octanol–water partition coefficient (Wildman–Crippen LogP) is 2.75. The number of likely N-dealkylation sites (tertiary alicyclic amines) is 1. The highest BCUT2D eigenvalue weighted by molar-refractivity contribution is 8.02. The lowest BCUT2D eigenvalue weighted by Gasteiger charge is -2.37. The number of ether oxygens (including phenoxy) is 1. The van der Waals surface area contributed by atoms with Crippen molar-refractivity contribution in [2.45, 2.75) is 75.1 Å². The maximum absolute atomic E-state index is 14.0. The molecule has 1 aromatic carbocycles. The van der Waals surface area contributed by atoms with Crippen LogP contribution in [0.4, 0.5) is 0 Å². The lowest BCUT2D eigenvalue weighted by Crippen LogP contribution is -2.56. The van der Waals surface area contributed by atoms with Crippen LogP contribution in [0.2, 0.25) is 0 Å². The molecule has 186 valence electrons. The molecule has 7 nitrogen and oxygen atoms in total. The quantitative estimate of drug-likeness (QED) is 0.519. The first-order chi connectivity index (χ1) is 16.2. The van der Waals surface area contributed by atoms with Crippen molar-refractivity contribution in [1.29, 1.82) is 0 Å². The number of carbonyl (C=O) groups excluding carboxylic acids is 3. The number of nitrogens with one attached hydrogen (secondary N) is 1. The Morgan fingerprint density at radius 2 is 1.97 bits per heavy atom. The van der Waals surface area contributed by atoms with E-state index in [1.165, 1.54) is 0 Å². The number of nitrogens with zero attached hydrogens (tertiary/aromatic N) is 1. The third kappa shape index (κ3) is 4.02. The van der Waals surface area contributed by atoms with Crippen LogP contribution in [0.3, 0.4) is 0 Å². The predicted molar refractivity (Wildman–Crippen MR) is 131 cm³/mol. The van der Waals surface area contributed by atoms with Crippen LogP contribution in [0.25, 0.3) is 0 Å². The molecular weight excluding hydrogens is 452 g/mol. The SMILES string of the molecule is CCOC(=O)[C@@H]1[C@H]2C(=O)N([C@@H](CO)CC(C)C)C(C(=O)NCc3ccccc3)C23CC[C@@]1(C)S3. The van der Waals surface area contributed by atoms with Crippen LogP contribution in [-0.2, 0) is 25.7 Å². The molecule has 0 radical (unpaired) electrons. The van der Waals surface area contributed by atoms with Crippen LogP contribution in [0.15, 0.2) is 30.3 Å². The molecule has 3 heterocycles. The number of aliphatic hydroxyl groups is 1. The summed E-state index contributed by atoms with van der Waals surface area (Å²) in [6.45, 7) is 8.26. The van der Waals surface area contributed by atoms with E-state index in [2.05, 4.69) is 5.32 Å². The van der Waals surface area contributed by atoms with Crippen LogP contribution in [0, 0.1) is 17.8 Å². The fraction of sp³-hybridized carbons (Fsp3) is 0.654. The van der Waals surface area contributed by atoms with Gasteiger partial charge in [-0.25, -0.2) is 0 Å². The number of rotatable bonds is 9. The zero-order chi connectivity index (χ0) is 24.7. The number of thioether (sulfide) groups is 1. The van der Waals surface area contributed by atoms with E-state index in [9.17, 15) is 19.5 Å². The molecule has 6 atom stereocenters. The molecule has 2 N–H and O–H groups in total. The molecule has 8 heteroatoms. The summed E-state index contributed by atoms with van der Waals surface area (Å²) >= 11 is 1.62. The van der Waals surface area contributed by atoms with Gasteiger partial charge < -0.3 is 20.1 Å². The van der Waals surface area contributed by atoms with Gasteiger partial charge in [0.25, 0.3) is 0 Å². The minimum Gasteiger partial charge on any atom is -0.466 e. The lowest BCUT2D eigenvalue weighted by molar-refractivity contribution is -0.155. The van der Waals surface area contributed by atoms with Crippen LogP contribution in [-0.4, -0.2) is 62.6 Å². The van der Waals surface area contributed by atoms with Crippen molar-refractivity contribution in [1.82, 2.24) is 10.2 Å². The average Bonchev–Trinajstić information content (AvgIpc) is 3.37. The van der Waals surface area contributed by atoms with Gasteiger partial charge in [0, 0.05) is 11.3 Å². The topological polar surface area (TPSA) is 95.9 Å². The number of amides is 2. The molecule has 2 bridgehead atoms. The van der Waals surface area contributed by atoms with E-state index in [1.807, 2.05) is 51.1 Å². The molecule has 34 heavy (non-hydrogen) atoms. The normalized spacial score (nSPS) is 32.7. The van der Waals surface area contributed by atoms with Crippen molar-refractivity contribution >= 4 is 29.5 Å². The molecule has 4 rings (SSSR count). The van der Waals surface area contributed by atoms with Crippen molar-refractivity contribution in [2.75, 3.05) is 13.2 Å². The van der Waals surface area contributed by atoms with Gasteiger partial charge in [-0.15, -0.1) is 11.8 Å². The molecule has 0 saturated carbocycles. The number of hydrogen-bond acceptors (Lipinski definition) is 6. The van der Waals surface area contributed by atoms with Gasteiger partial charge in [-0.2, -0.15) is 0 Å². The number of carbonyl (C=O) groups is 3. The molecule has 3 fully saturated rings. The lowest BCUT2D eigenvalue weighted by atomic mass is 9.66. The van der Waals surface area contributed by atoms with Gasteiger partial charge in [-0.3, -0.25) is 14.4 Å². The van der Waals surface area contributed by atoms with Gasteiger partial charge in [0.15, 0.2) is 0 Å². The van der Waals surface area contributed by atoms with Gasteiger partial charge in [0.2, 0.25) is 11.8 Å². The summed E-state index contributed by atoms with van der Waals surface area (Å²) in [6, 6.07) is 8.44. The Morgan fingerprint density at radius 1 is 1.26 bits per heavy atom. The standard InChI is InChI=1S/C26H36N2O5S/c1-5-33-24(32)20-19-23(31)28(18(15-29)13-16(2)3)21(26(19)12-11-25(20,4)34-26)22(30)27-14-17-9-7-6-8-10-17/h6-10,16,18-21,29H,5,11-15H2,1-4H3,(H,27,30)/t18-,19+,20+,21?,25-,26?/m1/s1. The smallest absolute Gasteiger partial charge is 0.311 e. The van der Waals surface area contributed by atoms with E-state index in [-0.39, 0.29) is 36.9 Å². The van der Waals surface area contributed by atoms with Crippen molar-refractivity contribution < 1.29 is 24.2 Å². The van der Waals surface area contributed by atoms with Gasteiger partial charge in [-0.1, -0.05) is 44.2 Å². The van der Waals surface area contributed by atoms with Crippen LogP contribution >= 0.6 is 11.8 Å². The van der Waals surface area contributed by atoms with E-state index in [4.69, 9.17) is 4.74 Å². The third-order valence-corrected chi connectivity index (χ3v) is 9.65. The minimum absolute atomic E-state index is 0.200. The maximum atomic E-state index is 14.0. The van der Waals surface area contributed by atoms with Gasteiger partial charge in [0.1, 0.15) is 6.04 Å². The summed E-state index contributed by atoms with van der Waals surface area (Å²) in [5.41, 5.74) is 0.974. The highest BCUT2D eigenvalue weighted by Gasteiger charge is 2.77. The number of hydrogen-bond donors (Lipinski definition) is 2. The monoisotopic (exact) mass is 488 g/mol. The second-order valence-corrected chi connectivity index (χ2v) is 12.3. The molecular formula is C26H36N2O5S. The maximum Gasteiger partial charge on any atom is 0.311 e. The number of aliphatic hydroxyl groups excluding tert-OH is 1. The zero-order valence-electron chi connectivity index (χ0n) is 20.5. The van der Waals surface area contributed by atoms with Crippen LogP contribution in [0.1, 0.15) is 52.5 Å². The first kappa shape index (κ1) is 25.0. The summed E-state index contributed by atoms with van der Waals surface area (Å²) in [5.74, 6) is -1.75. The van der Waals surface area contributed by atoms with Crippen molar-refractivity contribution in [3.8, 4) is 0 Å². The summed E-state index contributed by atoms with van der Waals surface area (Å²) in [5, 5.41) is 13.3. The molecule has 3 aliphatic rings. The molecule has 2 unspecified atom stereocenters. The first-order valence-electron chi connectivity index (χ1n) is 12.3. The molecule has 2 amide bonds. The minimum atomic E-state index is -0.740. The average molecular weight is 489 g/mol. The Morgan fingerprint density at radius 3 is 2.59 bits per heavy atom. The van der Waals surface area contributed by atoms with Gasteiger partial charge in [-0.05, 0) is 44.6 Å². The van der Waals surface area contributed by atoms with E-state index in [0.29, 0.717) is 19.4 Å². The zero-order valence-corrected chi connectivity index (χ0v) is 21.3. The Bertz CT molecular complexity index is 940.